The van der Waals surface area contributed by atoms with Gasteiger partial charge in [-0.05, 0) is 36.7 Å². The smallest absolute Gasteiger partial charge is 0.0234 e. The highest BCUT2D eigenvalue weighted by molar-refractivity contribution is 5.14. The van der Waals surface area contributed by atoms with Crippen molar-refractivity contribution in [2.75, 3.05) is 19.6 Å². The van der Waals surface area contributed by atoms with E-state index in [2.05, 4.69) is 47.5 Å². The van der Waals surface area contributed by atoms with Crippen molar-refractivity contribution in [1.29, 1.82) is 0 Å². The zero-order chi connectivity index (χ0) is 13.8. The zero-order valence-corrected chi connectivity index (χ0v) is 12.8. The minimum atomic E-state index is 0.682. The van der Waals surface area contributed by atoms with Crippen LogP contribution in [0.1, 0.15) is 44.6 Å². The van der Waals surface area contributed by atoms with E-state index in [0.717, 1.165) is 6.54 Å². The number of likely N-dealkylation sites (tertiary alicyclic amines) is 1. The van der Waals surface area contributed by atoms with Gasteiger partial charge in [0.2, 0.25) is 0 Å². The molecule has 0 radical (unpaired) electrons. The van der Waals surface area contributed by atoms with Gasteiger partial charge in [0.25, 0.3) is 0 Å². The highest BCUT2D eigenvalue weighted by Crippen LogP contribution is 2.49. The maximum atomic E-state index is 3.84. The molecule has 2 fully saturated rings. The summed E-state index contributed by atoms with van der Waals surface area (Å²) in [5.41, 5.74) is 2.12. The normalized spacial score (nSPS) is 24.9. The fourth-order valence-electron chi connectivity index (χ4n) is 3.57. The molecule has 0 amide bonds. The molecular formula is C18H28N2. The van der Waals surface area contributed by atoms with E-state index in [0.29, 0.717) is 11.5 Å². The average molecular weight is 272 g/mol. The summed E-state index contributed by atoms with van der Waals surface area (Å²) in [6.07, 6.45) is 6.98. The van der Waals surface area contributed by atoms with E-state index < -0.39 is 0 Å². The highest BCUT2D eigenvalue weighted by atomic mass is 15.2. The number of nitrogens with one attached hydrogen (secondary N) is 1. The van der Waals surface area contributed by atoms with Crippen LogP contribution >= 0.6 is 0 Å². The summed E-state index contributed by atoms with van der Waals surface area (Å²) in [6.45, 7) is 7.14. The number of benzene rings is 1. The molecule has 0 spiro atoms. The molecular weight excluding hydrogens is 244 g/mol. The summed E-state index contributed by atoms with van der Waals surface area (Å²) in [5, 5.41) is 3.84. The summed E-state index contributed by atoms with van der Waals surface area (Å²) in [6, 6.07) is 11.6. The lowest BCUT2D eigenvalue weighted by atomic mass is 10.0. The number of hydrogen-bond donors (Lipinski definition) is 1. The Morgan fingerprint density at radius 3 is 2.75 bits per heavy atom. The van der Waals surface area contributed by atoms with Crippen molar-refractivity contribution in [1.82, 2.24) is 10.2 Å². The van der Waals surface area contributed by atoms with Crippen LogP contribution in [0.3, 0.4) is 0 Å². The fraction of sp³-hybridized carbons (Fsp3) is 0.667. The largest absolute Gasteiger partial charge is 0.312 e. The molecule has 1 atom stereocenters. The first-order valence-corrected chi connectivity index (χ1v) is 8.29. The molecule has 2 heteroatoms. The molecule has 1 saturated carbocycles. The van der Waals surface area contributed by atoms with Crippen molar-refractivity contribution in [3.63, 3.8) is 0 Å². The van der Waals surface area contributed by atoms with Crippen molar-refractivity contribution in [2.45, 2.75) is 51.6 Å². The number of hydrogen-bond acceptors (Lipinski definition) is 2. The van der Waals surface area contributed by atoms with Crippen LogP contribution in [0.5, 0.6) is 0 Å². The van der Waals surface area contributed by atoms with Gasteiger partial charge in [-0.25, -0.2) is 0 Å². The van der Waals surface area contributed by atoms with E-state index in [9.17, 15) is 0 Å². The molecule has 110 valence electrons. The fourth-order valence-corrected chi connectivity index (χ4v) is 3.57. The van der Waals surface area contributed by atoms with Crippen LogP contribution in [-0.2, 0) is 6.54 Å². The van der Waals surface area contributed by atoms with E-state index in [1.54, 1.807) is 0 Å². The van der Waals surface area contributed by atoms with Crippen molar-refractivity contribution in [3.8, 4) is 0 Å². The third kappa shape index (κ3) is 3.62. The Hall–Kier alpha value is -0.860. The lowest BCUT2D eigenvalue weighted by Gasteiger charge is -2.20. The minimum Gasteiger partial charge on any atom is -0.312 e. The topological polar surface area (TPSA) is 15.3 Å². The standard InChI is InChI=1S/C18H28N2/c1-2-9-18(10-11-18)15-19-17-8-12-20(14-17)13-16-6-4-3-5-7-16/h3-7,17,19H,2,8-15H2,1H3. The number of rotatable bonds is 7. The van der Waals surface area contributed by atoms with Crippen LogP contribution in [0.15, 0.2) is 30.3 Å². The van der Waals surface area contributed by atoms with Crippen molar-refractivity contribution in [2.24, 2.45) is 5.41 Å². The zero-order valence-electron chi connectivity index (χ0n) is 12.8. The van der Waals surface area contributed by atoms with Crippen molar-refractivity contribution in [3.05, 3.63) is 35.9 Å². The second-order valence-corrected chi connectivity index (χ2v) is 6.84. The third-order valence-electron chi connectivity index (χ3n) is 5.02. The van der Waals surface area contributed by atoms with Crippen LogP contribution in [-0.4, -0.2) is 30.6 Å². The lowest BCUT2D eigenvalue weighted by molar-refractivity contribution is 0.313. The van der Waals surface area contributed by atoms with Crippen LogP contribution in [0.4, 0.5) is 0 Å². The van der Waals surface area contributed by atoms with Gasteiger partial charge in [-0.1, -0.05) is 43.7 Å². The summed E-state index contributed by atoms with van der Waals surface area (Å²) >= 11 is 0. The van der Waals surface area contributed by atoms with E-state index >= 15 is 0 Å². The van der Waals surface area contributed by atoms with Gasteiger partial charge in [-0.15, -0.1) is 0 Å². The summed E-state index contributed by atoms with van der Waals surface area (Å²) in [4.78, 5) is 2.59. The van der Waals surface area contributed by atoms with Gasteiger partial charge < -0.3 is 5.32 Å². The highest BCUT2D eigenvalue weighted by Gasteiger charge is 2.41. The van der Waals surface area contributed by atoms with E-state index in [1.165, 1.54) is 57.3 Å². The first kappa shape index (κ1) is 14.1. The first-order valence-electron chi connectivity index (χ1n) is 8.29. The molecule has 3 rings (SSSR count). The minimum absolute atomic E-state index is 0.682. The second kappa shape index (κ2) is 6.28. The molecule has 0 aromatic heterocycles. The molecule has 1 aliphatic heterocycles. The Balaban J connectivity index is 1.41. The van der Waals surface area contributed by atoms with Gasteiger partial charge in [0.15, 0.2) is 0 Å². The van der Waals surface area contributed by atoms with Gasteiger partial charge in [0.05, 0.1) is 0 Å². The Morgan fingerprint density at radius 2 is 2.05 bits per heavy atom. The maximum Gasteiger partial charge on any atom is 0.0234 e. The predicted octanol–water partition coefficient (Wildman–Crippen LogP) is 3.43. The van der Waals surface area contributed by atoms with Gasteiger partial charge >= 0.3 is 0 Å². The van der Waals surface area contributed by atoms with E-state index in [-0.39, 0.29) is 0 Å². The number of nitrogens with zero attached hydrogens (tertiary/aromatic N) is 1. The van der Waals surface area contributed by atoms with Crippen LogP contribution < -0.4 is 5.32 Å². The Morgan fingerprint density at radius 1 is 1.25 bits per heavy atom. The molecule has 1 unspecified atom stereocenters. The molecule has 1 aliphatic carbocycles. The predicted molar refractivity (Wildman–Crippen MR) is 84.7 cm³/mol. The van der Waals surface area contributed by atoms with Gasteiger partial charge in [-0.2, -0.15) is 0 Å². The quantitative estimate of drug-likeness (QED) is 0.818. The van der Waals surface area contributed by atoms with Crippen LogP contribution in [0, 0.1) is 5.41 Å². The van der Waals surface area contributed by atoms with Gasteiger partial charge in [-0.3, -0.25) is 4.90 Å². The Labute approximate surface area is 123 Å². The first-order chi connectivity index (χ1) is 9.80. The molecule has 1 aromatic rings. The third-order valence-corrected chi connectivity index (χ3v) is 5.02. The van der Waals surface area contributed by atoms with E-state index in [1.807, 2.05) is 0 Å². The lowest BCUT2D eigenvalue weighted by Crippen LogP contribution is -2.36. The summed E-state index contributed by atoms with van der Waals surface area (Å²) in [5.74, 6) is 0. The average Bonchev–Trinajstić information content (AvgIpc) is 3.09. The van der Waals surface area contributed by atoms with Crippen LogP contribution in [0.2, 0.25) is 0 Å². The summed E-state index contributed by atoms with van der Waals surface area (Å²) < 4.78 is 0. The molecule has 1 saturated heterocycles. The summed E-state index contributed by atoms with van der Waals surface area (Å²) in [7, 11) is 0. The Kier molecular flexibility index (Phi) is 4.42. The molecule has 1 N–H and O–H groups in total. The van der Waals surface area contributed by atoms with Crippen molar-refractivity contribution < 1.29 is 0 Å². The molecule has 2 nitrogen and oxygen atoms in total. The monoisotopic (exact) mass is 272 g/mol. The second-order valence-electron chi connectivity index (χ2n) is 6.84. The Bertz CT molecular complexity index is 411. The van der Waals surface area contributed by atoms with Crippen LogP contribution in [0.25, 0.3) is 0 Å². The molecule has 20 heavy (non-hydrogen) atoms. The molecule has 1 aromatic carbocycles. The molecule has 0 bridgehead atoms. The van der Waals surface area contributed by atoms with Gasteiger partial charge in [0.1, 0.15) is 0 Å². The van der Waals surface area contributed by atoms with Gasteiger partial charge in [0, 0.05) is 32.2 Å². The molecule has 2 aliphatic rings. The maximum absolute atomic E-state index is 3.84. The SMILES string of the molecule is CCCC1(CNC2CCN(Cc3ccccc3)C2)CC1. The van der Waals surface area contributed by atoms with Crippen molar-refractivity contribution >= 4 is 0 Å². The van der Waals surface area contributed by atoms with E-state index in [4.69, 9.17) is 0 Å². The molecule has 1 heterocycles.